The molecular weight excluding hydrogens is 1140 g/mol. The molecule has 5 N–H and O–H groups in total. The summed E-state index contributed by atoms with van der Waals surface area (Å²) in [6.45, 7) is 20.6. The van der Waals surface area contributed by atoms with Crippen LogP contribution >= 0.6 is 11.3 Å². The SMILES string of the molecule is CC(c1cnn(C[C@@H]2[C@H](NC(=O)/C(=N/OC3(C(=O)OC(c4ccccc4)c4ccccc4)CC3)c3csc(NC(=O)OC(C)(C)C)n3)C(=O)N2S(=O)(=O)O)n1)N(C(=O)OC(C)(C)C)C(=NCCCNC(=O)OC(C)(C)C)NC(=O)OC(C)(C)C. The topological polar surface area (TPSA) is 352 Å². The molecule has 0 radical (unpaired) electrons. The number of guanidine groups is 1. The number of oxime groups is 1. The van der Waals surface area contributed by atoms with Crippen LogP contribution in [0.3, 0.4) is 0 Å². The lowest BCUT2D eigenvalue weighted by Gasteiger charge is -2.43. The standard InChI is InChI=1S/C54H72N12O16S2/c1-32(65(49(73)81-53(11,12)13)44(60-47(71)79-51(5,6)7)55-27-20-28-56-46(70)78-50(2,3)4)35-29-57-64(62-35)30-37-39(42(68)66(37)84(74,75)76)59-41(67)38(36-31-83-45(58-36)61-48(72)80-52(8,9)10)63-82-54(25-26-54)43(69)77-40(33-21-16-14-17-22-33)34-23-18-15-19-24-34/h14-19,21-24,29,31-32,37,39-40H,20,25-28,30H2,1-13H3,(H,56,70)(H,59,67)(H,55,60,71)(H,58,61,72)(H,74,75,76)/b63-38+/t32?,37-,39+/m1/s1. The van der Waals surface area contributed by atoms with Crippen molar-refractivity contribution in [2.45, 2.75) is 168 Å². The van der Waals surface area contributed by atoms with Gasteiger partial charge in [0.2, 0.25) is 11.6 Å². The van der Waals surface area contributed by atoms with E-state index in [-0.39, 0.29) is 59.1 Å². The molecule has 1 aliphatic carbocycles. The van der Waals surface area contributed by atoms with E-state index in [0.717, 1.165) is 21.0 Å². The van der Waals surface area contributed by atoms with Crippen molar-refractivity contribution in [2.75, 3.05) is 18.4 Å². The first-order valence-corrected chi connectivity index (χ1v) is 28.9. The van der Waals surface area contributed by atoms with Crippen LogP contribution in [-0.4, -0.2) is 149 Å². The Balaban J connectivity index is 1.29. The summed E-state index contributed by atoms with van der Waals surface area (Å²) in [5, 5.41) is 24.1. The number of β-lactam (4-membered cyclic amide) rings is 1. The molecule has 0 bridgehead atoms. The molecule has 84 heavy (non-hydrogen) atoms. The normalized spacial score (nSPS) is 16.8. The number of alkyl carbamates (subject to hydrolysis) is 2. The summed E-state index contributed by atoms with van der Waals surface area (Å²) in [5.74, 6) is -3.64. The number of aromatic nitrogens is 4. The highest BCUT2D eigenvalue weighted by molar-refractivity contribution is 7.84. The molecular formula is C54H72N12O16S2. The molecule has 4 aromatic rings. The molecule has 28 nitrogen and oxygen atoms in total. The molecule has 3 heterocycles. The first-order chi connectivity index (χ1) is 39.0. The van der Waals surface area contributed by atoms with E-state index < -0.39 is 117 Å². The number of aliphatic imine (C=N–C) groups is 1. The second-order valence-electron chi connectivity index (χ2n) is 23.4. The van der Waals surface area contributed by atoms with Crippen molar-refractivity contribution >= 4 is 80.6 Å². The molecule has 2 aromatic heterocycles. The Morgan fingerprint density at radius 3 is 1.93 bits per heavy atom. The first kappa shape index (κ1) is 64.9. The van der Waals surface area contributed by atoms with Gasteiger partial charge in [0, 0.05) is 31.3 Å². The van der Waals surface area contributed by atoms with Gasteiger partial charge in [-0.05, 0) is 108 Å². The van der Waals surface area contributed by atoms with Crippen molar-refractivity contribution in [1.82, 2.24) is 45.1 Å². The molecule has 6 amide bonds. The van der Waals surface area contributed by atoms with Crippen LogP contribution in [0.1, 0.15) is 144 Å². The van der Waals surface area contributed by atoms with Gasteiger partial charge in [-0.15, -0.1) is 11.3 Å². The van der Waals surface area contributed by atoms with Crippen LogP contribution in [0.25, 0.3) is 0 Å². The average molecular weight is 1210 g/mol. The van der Waals surface area contributed by atoms with Crippen LogP contribution in [0.5, 0.6) is 0 Å². The van der Waals surface area contributed by atoms with Crippen molar-refractivity contribution < 1.29 is 75.1 Å². The molecule has 1 aliphatic heterocycles. The second kappa shape index (κ2) is 26.1. The van der Waals surface area contributed by atoms with E-state index in [4.69, 9.17) is 28.5 Å². The summed E-state index contributed by atoms with van der Waals surface area (Å²) in [7, 11) is -5.31. The van der Waals surface area contributed by atoms with Gasteiger partial charge in [-0.25, -0.2) is 38.2 Å². The van der Waals surface area contributed by atoms with Crippen molar-refractivity contribution in [3.63, 3.8) is 0 Å². The zero-order chi connectivity index (χ0) is 62.2. The van der Waals surface area contributed by atoms with Crippen molar-refractivity contribution in [2.24, 2.45) is 10.1 Å². The van der Waals surface area contributed by atoms with Gasteiger partial charge < -0.3 is 39.2 Å². The van der Waals surface area contributed by atoms with E-state index in [0.29, 0.717) is 11.1 Å². The number of ether oxygens (including phenoxy) is 5. The molecule has 30 heteroatoms. The number of hydrogen-bond acceptors (Lipinski definition) is 21. The maximum Gasteiger partial charge on any atom is 0.417 e. The van der Waals surface area contributed by atoms with Gasteiger partial charge in [-0.3, -0.25) is 29.8 Å². The van der Waals surface area contributed by atoms with Crippen LogP contribution in [0.15, 0.2) is 82.4 Å². The third-order valence-electron chi connectivity index (χ3n) is 11.5. The fourth-order valence-corrected chi connectivity index (χ4v) is 9.28. The van der Waals surface area contributed by atoms with Crippen LogP contribution in [0, 0.1) is 0 Å². The van der Waals surface area contributed by atoms with E-state index >= 15 is 0 Å². The highest BCUT2D eigenvalue weighted by Gasteiger charge is 2.57. The summed E-state index contributed by atoms with van der Waals surface area (Å²) < 4.78 is 64.0. The summed E-state index contributed by atoms with van der Waals surface area (Å²) in [5.41, 5.74) is -4.96. The number of carbonyl (C=O) groups is 7. The summed E-state index contributed by atoms with van der Waals surface area (Å²) in [6.07, 6.45) is -2.80. The third-order valence-corrected chi connectivity index (χ3v) is 13.2. The van der Waals surface area contributed by atoms with Crippen LogP contribution in [0.2, 0.25) is 0 Å². The van der Waals surface area contributed by atoms with E-state index in [9.17, 15) is 46.5 Å². The molecule has 1 saturated carbocycles. The second-order valence-corrected chi connectivity index (χ2v) is 25.5. The Kier molecular flexibility index (Phi) is 20.2. The first-order valence-electron chi connectivity index (χ1n) is 26.6. The lowest BCUT2D eigenvalue weighted by Crippen LogP contribution is -2.73. The monoisotopic (exact) mass is 1210 g/mol. The summed E-state index contributed by atoms with van der Waals surface area (Å²) in [4.78, 5) is 111. The van der Waals surface area contributed by atoms with Gasteiger partial charge in [0.05, 0.1) is 18.8 Å². The number of esters is 1. The predicted molar refractivity (Wildman–Crippen MR) is 304 cm³/mol. The quantitative estimate of drug-likeness (QED) is 0.00925. The van der Waals surface area contributed by atoms with Crippen molar-refractivity contribution in [1.29, 1.82) is 0 Å². The van der Waals surface area contributed by atoms with Crippen LogP contribution < -0.4 is 21.3 Å². The average Bonchev–Trinajstić information content (AvgIpc) is 0.952. The Morgan fingerprint density at radius 2 is 1.38 bits per heavy atom. The number of anilines is 1. The van der Waals surface area contributed by atoms with Gasteiger partial charge in [0.15, 0.2) is 16.9 Å². The van der Waals surface area contributed by atoms with Gasteiger partial charge in [-0.1, -0.05) is 65.8 Å². The molecule has 2 fully saturated rings. The van der Waals surface area contributed by atoms with Crippen molar-refractivity contribution in [3.8, 4) is 0 Å². The number of carbonyl (C=O) groups excluding carboxylic acids is 7. The number of amides is 6. The zero-order valence-corrected chi connectivity index (χ0v) is 50.6. The minimum absolute atomic E-state index is 0.00642. The third kappa shape index (κ3) is 18.6. The molecule has 2 aromatic carbocycles. The van der Waals surface area contributed by atoms with E-state index in [1.807, 2.05) is 12.1 Å². The molecule has 6 rings (SSSR count). The molecule has 0 spiro atoms. The van der Waals surface area contributed by atoms with Gasteiger partial charge in [-0.2, -0.15) is 23.4 Å². The van der Waals surface area contributed by atoms with Gasteiger partial charge >= 0.3 is 40.6 Å². The summed E-state index contributed by atoms with van der Waals surface area (Å²) in [6, 6.07) is 13.4. The fourth-order valence-electron chi connectivity index (χ4n) is 7.73. The molecule has 3 atom stereocenters. The Bertz CT molecular complexity index is 3170. The van der Waals surface area contributed by atoms with E-state index in [2.05, 4.69) is 46.6 Å². The number of benzene rings is 2. The van der Waals surface area contributed by atoms with Gasteiger partial charge in [0.25, 0.3) is 11.8 Å². The lowest BCUT2D eigenvalue weighted by atomic mass is 9.98. The Morgan fingerprint density at radius 1 is 0.821 bits per heavy atom. The molecule has 2 aliphatic rings. The number of hydrogen-bond donors (Lipinski definition) is 5. The van der Waals surface area contributed by atoms with Crippen molar-refractivity contribution in [3.05, 3.63) is 94.8 Å². The summed E-state index contributed by atoms with van der Waals surface area (Å²) >= 11 is 0.856. The highest BCUT2D eigenvalue weighted by Crippen LogP contribution is 2.43. The Hall–Kier alpha value is -8.25. The highest BCUT2D eigenvalue weighted by atomic mass is 32.2. The molecule has 1 saturated heterocycles. The van der Waals surface area contributed by atoms with E-state index in [1.165, 1.54) is 18.5 Å². The predicted octanol–water partition coefficient (Wildman–Crippen LogP) is 6.96. The fraction of sp³-hybridized carbons (Fsp3) is 0.519. The number of thiazole rings is 1. The maximum absolute atomic E-state index is 14.5. The number of nitrogens with one attached hydrogen (secondary N) is 4. The number of rotatable bonds is 19. The van der Waals surface area contributed by atoms with Gasteiger partial charge in [0.1, 0.15) is 45.9 Å². The van der Waals surface area contributed by atoms with E-state index in [1.54, 1.807) is 132 Å². The Labute approximate surface area is 490 Å². The minimum atomic E-state index is -5.31. The van der Waals surface area contributed by atoms with Crippen LogP contribution in [-0.2, 0) is 59.8 Å². The lowest BCUT2D eigenvalue weighted by molar-refractivity contribution is -0.164. The number of nitrogens with zero attached hydrogens (tertiary/aromatic N) is 8. The zero-order valence-electron chi connectivity index (χ0n) is 48.9. The largest absolute Gasteiger partial charge is 0.450 e. The maximum atomic E-state index is 14.5. The van der Waals surface area contributed by atoms with Crippen LogP contribution in [0.4, 0.5) is 24.3 Å². The molecule has 456 valence electrons. The smallest absolute Gasteiger partial charge is 0.417 e. The minimum Gasteiger partial charge on any atom is -0.450 e. The molecule has 1 unspecified atom stereocenters.